The number of aryl methyl sites for hydroxylation is 1. The average molecular weight is 452 g/mol. The molecular formula is C25H25NO5S. The van der Waals surface area contributed by atoms with Crippen LogP contribution in [0.3, 0.4) is 0 Å². The maximum Gasteiger partial charge on any atom is 0.243 e. The predicted molar refractivity (Wildman–Crippen MR) is 121 cm³/mol. The van der Waals surface area contributed by atoms with Crippen LogP contribution in [0.1, 0.15) is 34.7 Å². The van der Waals surface area contributed by atoms with Crippen molar-refractivity contribution < 1.29 is 22.7 Å². The smallest absolute Gasteiger partial charge is 0.243 e. The molecule has 1 heterocycles. The fraction of sp³-hybridized carbons (Fsp3) is 0.320. The van der Waals surface area contributed by atoms with Gasteiger partial charge in [-0.1, -0.05) is 29.8 Å². The van der Waals surface area contributed by atoms with Gasteiger partial charge in [-0.2, -0.15) is 4.31 Å². The lowest BCUT2D eigenvalue weighted by Crippen LogP contribution is -2.39. The normalized spacial score (nSPS) is 21.1. The van der Waals surface area contributed by atoms with Crippen molar-refractivity contribution in [1.82, 2.24) is 4.31 Å². The molecule has 6 nitrogen and oxygen atoms in total. The molecule has 0 radical (unpaired) electrons. The molecular weight excluding hydrogens is 426 g/mol. The topological polar surface area (TPSA) is 72.9 Å². The first-order chi connectivity index (χ1) is 15.3. The summed E-state index contributed by atoms with van der Waals surface area (Å²) in [7, 11) is -0.514. The van der Waals surface area contributed by atoms with Crippen LogP contribution in [0.4, 0.5) is 0 Å². The zero-order chi connectivity index (χ0) is 22.7. The summed E-state index contributed by atoms with van der Waals surface area (Å²) in [5.41, 5.74) is 3.30. The Labute approximate surface area is 188 Å². The monoisotopic (exact) mass is 451 g/mol. The Bertz CT molecular complexity index is 1260. The highest BCUT2D eigenvalue weighted by atomic mass is 32.2. The molecule has 0 fully saturated rings. The Morgan fingerprint density at radius 2 is 1.75 bits per heavy atom. The zero-order valence-corrected chi connectivity index (χ0v) is 19.1. The van der Waals surface area contributed by atoms with Gasteiger partial charge in [-0.15, -0.1) is 0 Å². The van der Waals surface area contributed by atoms with Crippen LogP contribution in [0.5, 0.6) is 11.5 Å². The summed E-state index contributed by atoms with van der Waals surface area (Å²) in [6, 6.07) is 8.57. The Hall–Kier alpha value is -2.90. The van der Waals surface area contributed by atoms with Gasteiger partial charge >= 0.3 is 0 Å². The molecule has 2 aliphatic carbocycles. The Morgan fingerprint density at radius 3 is 2.38 bits per heavy atom. The SMILES string of the molecule is COc1cc2c3c(c1OC)C1(C=CC(=O)C=C1)CC3N(S(=O)(=O)c1ccc(C)cc1)CC2. The van der Waals surface area contributed by atoms with E-state index in [9.17, 15) is 13.2 Å². The van der Waals surface area contributed by atoms with Gasteiger partial charge in [0.2, 0.25) is 10.0 Å². The van der Waals surface area contributed by atoms with Gasteiger partial charge in [0.15, 0.2) is 17.3 Å². The number of fused-ring (bicyclic) bond motifs is 1. The van der Waals surface area contributed by atoms with Gasteiger partial charge in [0.25, 0.3) is 0 Å². The number of rotatable bonds is 4. The second-order valence-electron chi connectivity index (χ2n) is 8.57. The fourth-order valence-electron chi connectivity index (χ4n) is 5.28. The molecule has 3 aliphatic rings. The highest BCUT2D eigenvalue weighted by Gasteiger charge is 2.51. The van der Waals surface area contributed by atoms with E-state index in [-0.39, 0.29) is 11.8 Å². The molecule has 1 atom stereocenters. The standard InChI is InChI=1S/C25H25NO5S/c1-16-4-6-19(7-5-16)32(28,29)26-13-10-17-14-21(30-2)24(31-3)23-22(17)20(26)15-25(23)11-8-18(27)9-12-25/h4-9,11-12,14,20H,10,13,15H2,1-3H3. The van der Waals surface area contributed by atoms with E-state index in [2.05, 4.69) is 0 Å². The molecule has 1 spiro atoms. The third kappa shape index (κ3) is 2.95. The summed E-state index contributed by atoms with van der Waals surface area (Å²) in [4.78, 5) is 12.2. The first kappa shape index (κ1) is 21.0. The summed E-state index contributed by atoms with van der Waals surface area (Å²) in [6.45, 7) is 2.31. The van der Waals surface area contributed by atoms with E-state index < -0.39 is 15.4 Å². The summed E-state index contributed by atoms with van der Waals surface area (Å²) in [5, 5.41) is 0. The Balaban J connectivity index is 1.71. The van der Waals surface area contributed by atoms with Crippen molar-refractivity contribution in [3.05, 3.63) is 76.9 Å². The van der Waals surface area contributed by atoms with E-state index in [1.54, 1.807) is 42.8 Å². The van der Waals surface area contributed by atoms with E-state index in [4.69, 9.17) is 9.47 Å². The van der Waals surface area contributed by atoms with E-state index in [0.29, 0.717) is 35.8 Å². The van der Waals surface area contributed by atoms with Crippen LogP contribution < -0.4 is 9.47 Å². The second-order valence-corrected chi connectivity index (χ2v) is 10.5. The van der Waals surface area contributed by atoms with Gasteiger partial charge in [0.1, 0.15) is 0 Å². The van der Waals surface area contributed by atoms with Gasteiger partial charge in [0.05, 0.1) is 25.2 Å². The number of hydrogen-bond donors (Lipinski definition) is 0. The van der Waals surface area contributed by atoms with Crippen molar-refractivity contribution in [3.8, 4) is 11.5 Å². The lowest BCUT2D eigenvalue weighted by Gasteiger charge is -2.34. The molecule has 1 aliphatic heterocycles. The third-order valence-electron chi connectivity index (χ3n) is 6.79. The molecule has 0 amide bonds. The van der Waals surface area contributed by atoms with E-state index >= 15 is 0 Å². The highest BCUT2D eigenvalue weighted by molar-refractivity contribution is 7.89. The minimum Gasteiger partial charge on any atom is -0.493 e. The van der Waals surface area contributed by atoms with E-state index in [1.807, 2.05) is 37.3 Å². The van der Waals surface area contributed by atoms with Gasteiger partial charge in [-0.25, -0.2) is 8.42 Å². The average Bonchev–Trinajstić information content (AvgIpc) is 3.11. The lowest BCUT2D eigenvalue weighted by molar-refractivity contribution is -0.110. The molecule has 1 unspecified atom stereocenters. The van der Waals surface area contributed by atoms with E-state index in [1.165, 1.54) is 0 Å². The maximum absolute atomic E-state index is 13.7. The van der Waals surface area contributed by atoms with Crippen LogP contribution in [0, 0.1) is 6.92 Å². The predicted octanol–water partition coefficient (Wildman–Crippen LogP) is 3.64. The van der Waals surface area contributed by atoms with Gasteiger partial charge in [-0.3, -0.25) is 4.79 Å². The second kappa shape index (κ2) is 7.32. The number of benzene rings is 2. The maximum atomic E-state index is 13.7. The minimum absolute atomic E-state index is 0.0817. The lowest BCUT2D eigenvalue weighted by atomic mass is 9.77. The van der Waals surface area contributed by atoms with Crippen LogP contribution >= 0.6 is 0 Å². The number of nitrogens with zero attached hydrogens (tertiary/aromatic N) is 1. The quantitative estimate of drug-likeness (QED) is 0.710. The van der Waals surface area contributed by atoms with Gasteiger partial charge < -0.3 is 9.47 Å². The van der Waals surface area contributed by atoms with Crippen LogP contribution in [0.25, 0.3) is 0 Å². The number of ketones is 1. The number of ether oxygens (including phenoxy) is 2. The minimum atomic E-state index is -3.70. The molecule has 7 heteroatoms. The third-order valence-corrected chi connectivity index (χ3v) is 8.71. The molecule has 0 saturated heterocycles. The van der Waals surface area contributed by atoms with Gasteiger partial charge in [0, 0.05) is 17.5 Å². The number of methoxy groups -OCH3 is 2. The molecule has 5 rings (SSSR count). The molecule has 0 bridgehead atoms. The first-order valence-electron chi connectivity index (χ1n) is 10.6. The molecule has 0 saturated carbocycles. The number of carbonyl (C=O) groups is 1. The Kier molecular flexibility index (Phi) is 4.80. The van der Waals surface area contributed by atoms with Gasteiger partial charge in [-0.05, 0) is 61.2 Å². The largest absolute Gasteiger partial charge is 0.493 e. The summed E-state index contributed by atoms with van der Waals surface area (Å²) in [5.74, 6) is 1.13. The van der Waals surface area contributed by atoms with Crippen molar-refractivity contribution >= 4 is 15.8 Å². The summed E-state index contributed by atoms with van der Waals surface area (Å²) < 4.78 is 40.4. The molecule has 2 aromatic carbocycles. The molecule has 2 aromatic rings. The number of carbonyl (C=O) groups excluding carboxylic acids is 1. The number of hydrogen-bond acceptors (Lipinski definition) is 5. The Morgan fingerprint density at radius 1 is 1.06 bits per heavy atom. The van der Waals surface area contributed by atoms with Crippen LogP contribution in [-0.2, 0) is 26.7 Å². The molecule has 0 N–H and O–H groups in total. The zero-order valence-electron chi connectivity index (χ0n) is 18.3. The number of sulfonamides is 1. The molecule has 32 heavy (non-hydrogen) atoms. The molecule has 0 aromatic heterocycles. The van der Waals surface area contributed by atoms with Crippen molar-refractivity contribution in [1.29, 1.82) is 0 Å². The highest BCUT2D eigenvalue weighted by Crippen LogP contribution is 2.59. The fourth-order valence-corrected chi connectivity index (χ4v) is 6.87. The van der Waals surface area contributed by atoms with Crippen LogP contribution in [0.15, 0.2) is 59.5 Å². The summed E-state index contributed by atoms with van der Waals surface area (Å²) in [6.07, 6.45) is 7.95. The van der Waals surface area contributed by atoms with Crippen molar-refractivity contribution in [2.24, 2.45) is 0 Å². The van der Waals surface area contributed by atoms with Crippen molar-refractivity contribution in [2.45, 2.75) is 36.1 Å². The van der Waals surface area contributed by atoms with Crippen molar-refractivity contribution in [3.63, 3.8) is 0 Å². The summed E-state index contributed by atoms with van der Waals surface area (Å²) >= 11 is 0. The number of allylic oxidation sites excluding steroid dienone is 4. The van der Waals surface area contributed by atoms with Crippen LogP contribution in [0.2, 0.25) is 0 Å². The molecule has 166 valence electrons. The first-order valence-corrected chi connectivity index (χ1v) is 12.0. The van der Waals surface area contributed by atoms with E-state index in [0.717, 1.165) is 22.3 Å². The van der Waals surface area contributed by atoms with Crippen molar-refractivity contribution in [2.75, 3.05) is 20.8 Å². The van der Waals surface area contributed by atoms with Crippen LogP contribution in [-0.4, -0.2) is 39.3 Å².